The molecule has 1 aliphatic rings. The summed E-state index contributed by atoms with van der Waals surface area (Å²) in [6, 6.07) is 14.6. The van der Waals surface area contributed by atoms with Gasteiger partial charge in [-0.2, -0.15) is 0 Å². The molecule has 2 amide bonds. The summed E-state index contributed by atoms with van der Waals surface area (Å²) >= 11 is 12.2. The summed E-state index contributed by atoms with van der Waals surface area (Å²) in [5.41, 5.74) is 1.87. The summed E-state index contributed by atoms with van der Waals surface area (Å²) in [7, 11) is 0. The molecule has 4 nitrogen and oxygen atoms in total. The number of carbonyl (C=O) groups excluding carboxylic acids is 2. The van der Waals surface area contributed by atoms with E-state index in [0.717, 1.165) is 36.8 Å². The van der Waals surface area contributed by atoms with E-state index in [1.807, 2.05) is 36.4 Å². The number of carbonyl (C=O) groups is 2. The van der Waals surface area contributed by atoms with Crippen LogP contribution in [0.1, 0.15) is 50.2 Å². The van der Waals surface area contributed by atoms with Crippen molar-refractivity contribution in [3.63, 3.8) is 0 Å². The second-order valence-corrected chi connectivity index (χ2v) is 8.75. The molecule has 1 saturated carbocycles. The molecule has 0 aromatic heterocycles. The van der Waals surface area contributed by atoms with Gasteiger partial charge in [0.05, 0.1) is 0 Å². The number of nitrogens with zero attached hydrogens (tertiary/aromatic N) is 1. The molecule has 2 aromatic rings. The molecule has 0 heterocycles. The van der Waals surface area contributed by atoms with Gasteiger partial charge in [-0.1, -0.05) is 66.4 Å². The van der Waals surface area contributed by atoms with Gasteiger partial charge in [0.25, 0.3) is 0 Å². The molecule has 3 rings (SSSR count). The van der Waals surface area contributed by atoms with Crippen molar-refractivity contribution in [2.45, 2.75) is 64.1 Å². The third kappa shape index (κ3) is 6.23. The van der Waals surface area contributed by atoms with Gasteiger partial charge in [-0.15, -0.1) is 0 Å². The molecule has 0 saturated heterocycles. The molecular formula is C24H28Cl2N2O2. The summed E-state index contributed by atoms with van der Waals surface area (Å²) in [5.74, 6) is -0.166. The fraction of sp³-hybridized carbons (Fsp3) is 0.417. The smallest absolute Gasteiger partial charge is 0.242 e. The number of benzene rings is 2. The summed E-state index contributed by atoms with van der Waals surface area (Å²) in [6.07, 6.45) is 5.13. The maximum atomic E-state index is 13.2. The second kappa shape index (κ2) is 10.8. The zero-order valence-corrected chi connectivity index (χ0v) is 18.8. The number of nitrogens with one attached hydrogen (secondary N) is 1. The van der Waals surface area contributed by atoms with Crippen molar-refractivity contribution in [2.75, 3.05) is 0 Å². The van der Waals surface area contributed by atoms with Gasteiger partial charge in [-0.05, 0) is 55.5 Å². The Kier molecular flexibility index (Phi) is 8.17. The highest BCUT2D eigenvalue weighted by atomic mass is 35.5. The Bertz CT molecular complexity index is 864. The van der Waals surface area contributed by atoms with E-state index in [4.69, 9.17) is 23.2 Å². The minimum atomic E-state index is -0.556. The summed E-state index contributed by atoms with van der Waals surface area (Å²) in [4.78, 5) is 27.7. The van der Waals surface area contributed by atoms with Gasteiger partial charge in [0.2, 0.25) is 11.8 Å². The summed E-state index contributed by atoms with van der Waals surface area (Å²) in [6.45, 7) is 2.16. The van der Waals surface area contributed by atoms with Gasteiger partial charge in [0, 0.05) is 29.1 Å². The zero-order chi connectivity index (χ0) is 21.5. The number of rotatable bonds is 8. The van der Waals surface area contributed by atoms with Crippen LogP contribution in [0.5, 0.6) is 0 Å². The highest BCUT2D eigenvalue weighted by Crippen LogP contribution is 2.21. The van der Waals surface area contributed by atoms with Crippen LogP contribution < -0.4 is 5.32 Å². The molecule has 1 aliphatic carbocycles. The number of hydrogen-bond acceptors (Lipinski definition) is 2. The quantitative estimate of drug-likeness (QED) is 0.589. The van der Waals surface area contributed by atoms with Crippen LogP contribution in [0.15, 0.2) is 48.5 Å². The van der Waals surface area contributed by atoms with Gasteiger partial charge in [0.15, 0.2) is 0 Å². The second-order valence-electron chi connectivity index (χ2n) is 7.91. The van der Waals surface area contributed by atoms with E-state index in [1.165, 1.54) is 0 Å². The predicted molar refractivity (Wildman–Crippen MR) is 122 cm³/mol. The van der Waals surface area contributed by atoms with Crippen molar-refractivity contribution in [3.8, 4) is 0 Å². The molecule has 2 aromatic carbocycles. The van der Waals surface area contributed by atoms with Crippen molar-refractivity contribution in [1.82, 2.24) is 10.2 Å². The summed E-state index contributed by atoms with van der Waals surface area (Å²) in [5, 5.41) is 4.41. The third-order valence-corrected chi connectivity index (χ3v) is 6.32. The number of hydrogen-bond donors (Lipinski definition) is 1. The molecule has 0 spiro atoms. The average molecular weight is 447 g/mol. The monoisotopic (exact) mass is 446 g/mol. The van der Waals surface area contributed by atoms with E-state index in [-0.39, 0.29) is 17.9 Å². The number of halogens is 2. The molecule has 0 unspecified atom stereocenters. The van der Waals surface area contributed by atoms with Gasteiger partial charge in [0.1, 0.15) is 6.04 Å². The molecule has 30 heavy (non-hydrogen) atoms. The van der Waals surface area contributed by atoms with Crippen LogP contribution in [-0.4, -0.2) is 28.8 Å². The number of amides is 2. The normalized spacial score (nSPS) is 15.0. The molecule has 0 radical (unpaired) electrons. The third-order valence-electron chi connectivity index (χ3n) is 5.70. The average Bonchev–Trinajstić information content (AvgIpc) is 3.25. The van der Waals surface area contributed by atoms with Gasteiger partial charge in [-0.3, -0.25) is 9.59 Å². The molecule has 160 valence electrons. The summed E-state index contributed by atoms with van der Waals surface area (Å²) < 4.78 is 0. The Morgan fingerprint density at radius 1 is 1.07 bits per heavy atom. The standard InChI is InChI=1S/C24H28Cl2N2O2/c1-17(24(30)27-21-7-3-4-8-21)28(16-18-10-13-20(25)14-11-18)23(29)15-12-19-6-2-5-9-22(19)26/h2,5-6,9-11,13-14,17,21H,3-4,7-8,12,15-16H2,1H3,(H,27,30)/t17-/m0/s1. The first-order valence-electron chi connectivity index (χ1n) is 10.5. The minimum Gasteiger partial charge on any atom is -0.352 e. The molecule has 1 N–H and O–H groups in total. The van der Waals surface area contributed by atoms with Crippen LogP contribution in [0, 0.1) is 0 Å². The molecular weight excluding hydrogens is 419 g/mol. The van der Waals surface area contributed by atoms with Gasteiger partial charge >= 0.3 is 0 Å². The fourth-order valence-corrected chi connectivity index (χ4v) is 4.20. The van der Waals surface area contributed by atoms with E-state index in [2.05, 4.69) is 5.32 Å². The highest BCUT2D eigenvalue weighted by Gasteiger charge is 2.28. The lowest BCUT2D eigenvalue weighted by molar-refractivity contribution is -0.140. The van der Waals surface area contributed by atoms with Crippen molar-refractivity contribution >= 4 is 35.0 Å². The fourth-order valence-electron chi connectivity index (χ4n) is 3.85. The van der Waals surface area contributed by atoms with Crippen LogP contribution >= 0.6 is 23.2 Å². The Balaban J connectivity index is 1.71. The first-order chi connectivity index (χ1) is 14.4. The van der Waals surface area contributed by atoms with Crippen molar-refractivity contribution in [3.05, 3.63) is 69.7 Å². The molecule has 0 aliphatic heterocycles. The Morgan fingerprint density at radius 3 is 2.40 bits per heavy atom. The number of aryl methyl sites for hydroxylation is 1. The first-order valence-corrected chi connectivity index (χ1v) is 11.3. The van der Waals surface area contributed by atoms with E-state index in [9.17, 15) is 9.59 Å². The lowest BCUT2D eigenvalue weighted by atomic mass is 10.1. The minimum absolute atomic E-state index is 0.0704. The van der Waals surface area contributed by atoms with Crippen molar-refractivity contribution in [2.24, 2.45) is 0 Å². The van der Waals surface area contributed by atoms with Crippen LogP contribution in [-0.2, 0) is 22.6 Å². The van der Waals surface area contributed by atoms with Crippen LogP contribution in [0.25, 0.3) is 0 Å². The van der Waals surface area contributed by atoms with Crippen molar-refractivity contribution < 1.29 is 9.59 Å². The van der Waals surface area contributed by atoms with Crippen LogP contribution in [0.3, 0.4) is 0 Å². The van der Waals surface area contributed by atoms with Crippen molar-refractivity contribution in [1.29, 1.82) is 0 Å². The molecule has 1 fully saturated rings. The lowest BCUT2D eigenvalue weighted by Crippen LogP contribution is -2.49. The maximum Gasteiger partial charge on any atom is 0.242 e. The maximum absolute atomic E-state index is 13.2. The van der Waals surface area contributed by atoms with E-state index < -0.39 is 6.04 Å². The first kappa shape index (κ1) is 22.6. The van der Waals surface area contributed by atoms with Gasteiger partial charge in [-0.25, -0.2) is 0 Å². The Hall–Kier alpha value is -2.04. The largest absolute Gasteiger partial charge is 0.352 e. The lowest BCUT2D eigenvalue weighted by Gasteiger charge is -2.30. The molecule has 6 heteroatoms. The van der Waals surface area contributed by atoms with E-state index in [0.29, 0.717) is 29.4 Å². The predicted octanol–water partition coefficient (Wildman–Crippen LogP) is 5.40. The zero-order valence-electron chi connectivity index (χ0n) is 17.2. The highest BCUT2D eigenvalue weighted by molar-refractivity contribution is 6.31. The van der Waals surface area contributed by atoms with Crippen LogP contribution in [0.2, 0.25) is 10.0 Å². The Labute approximate surface area is 188 Å². The SMILES string of the molecule is C[C@@H](C(=O)NC1CCCC1)N(Cc1ccc(Cl)cc1)C(=O)CCc1ccccc1Cl. The molecule has 0 bridgehead atoms. The topological polar surface area (TPSA) is 49.4 Å². The molecule has 1 atom stereocenters. The van der Waals surface area contributed by atoms with Gasteiger partial charge < -0.3 is 10.2 Å². The van der Waals surface area contributed by atoms with Crippen LogP contribution in [0.4, 0.5) is 0 Å². The van der Waals surface area contributed by atoms with E-state index in [1.54, 1.807) is 24.0 Å². The van der Waals surface area contributed by atoms with E-state index >= 15 is 0 Å². The Morgan fingerprint density at radius 2 is 1.73 bits per heavy atom.